The van der Waals surface area contributed by atoms with Gasteiger partial charge in [0.25, 0.3) is 0 Å². The van der Waals surface area contributed by atoms with Crippen LogP contribution in [-0.2, 0) is 0 Å². The van der Waals surface area contributed by atoms with Crippen LogP contribution in [0, 0.1) is 0 Å². The maximum atomic E-state index is 10.8. The van der Waals surface area contributed by atoms with Crippen LogP contribution in [-0.4, -0.2) is 34.1 Å². The molecule has 5 heteroatoms. The summed E-state index contributed by atoms with van der Waals surface area (Å²) < 4.78 is 1.79. The normalized spacial score (nSPS) is 20.9. The zero-order chi connectivity index (χ0) is 10.3. The molecule has 1 saturated carbocycles. The number of carbonyl (C=O) groups is 1. The Morgan fingerprint density at radius 1 is 1.27 bits per heavy atom. The van der Waals surface area contributed by atoms with Gasteiger partial charge in [0.05, 0.1) is 6.04 Å². The Kier molecular flexibility index (Phi) is 1.97. The van der Waals surface area contributed by atoms with Crippen LogP contribution in [0.3, 0.4) is 0 Å². The van der Waals surface area contributed by atoms with Gasteiger partial charge < -0.3 is 4.90 Å². The van der Waals surface area contributed by atoms with Crippen molar-refractivity contribution in [2.24, 2.45) is 0 Å². The Hall–Kier alpha value is -1.39. The molecule has 1 aromatic rings. The summed E-state index contributed by atoms with van der Waals surface area (Å²) in [5, 5.41) is 4.43. The first-order valence-electron chi connectivity index (χ1n) is 5.55. The van der Waals surface area contributed by atoms with E-state index in [9.17, 15) is 4.79 Å². The van der Waals surface area contributed by atoms with Crippen LogP contribution in [0.2, 0.25) is 0 Å². The van der Waals surface area contributed by atoms with Gasteiger partial charge in [0.1, 0.15) is 0 Å². The molecule has 0 atom stereocenters. The third-order valence-corrected chi connectivity index (χ3v) is 3.03. The SMILES string of the molecule is O=Cc1nc(N2CCCC2)nn1C1CC1. The highest BCUT2D eigenvalue weighted by Crippen LogP contribution is 2.35. The van der Waals surface area contributed by atoms with Crippen molar-refractivity contribution in [1.29, 1.82) is 0 Å². The lowest BCUT2D eigenvalue weighted by Gasteiger charge is -2.10. The van der Waals surface area contributed by atoms with E-state index in [0.717, 1.165) is 38.2 Å². The average molecular weight is 206 g/mol. The van der Waals surface area contributed by atoms with Gasteiger partial charge in [-0.1, -0.05) is 0 Å². The summed E-state index contributed by atoms with van der Waals surface area (Å²) in [5.74, 6) is 1.22. The second-order valence-corrected chi connectivity index (χ2v) is 4.26. The summed E-state index contributed by atoms with van der Waals surface area (Å²) >= 11 is 0. The van der Waals surface area contributed by atoms with Gasteiger partial charge in [-0.05, 0) is 25.7 Å². The van der Waals surface area contributed by atoms with Crippen molar-refractivity contribution in [2.75, 3.05) is 18.0 Å². The molecule has 1 aliphatic heterocycles. The molecule has 15 heavy (non-hydrogen) atoms. The van der Waals surface area contributed by atoms with Crippen molar-refractivity contribution in [3.05, 3.63) is 5.82 Å². The van der Waals surface area contributed by atoms with Gasteiger partial charge in [-0.15, -0.1) is 5.10 Å². The number of aromatic nitrogens is 3. The molecule has 2 fully saturated rings. The maximum absolute atomic E-state index is 10.8. The molecule has 1 saturated heterocycles. The number of anilines is 1. The number of hydrogen-bond donors (Lipinski definition) is 0. The van der Waals surface area contributed by atoms with E-state index in [1.807, 2.05) is 0 Å². The first-order chi connectivity index (χ1) is 7.38. The van der Waals surface area contributed by atoms with Gasteiger partial charge >= 0.3 is 0 Å². The first kappa shape index (κ1) is 8.88. The number of rotatable bonds is 3. The van der Waals surface area contributed by atoms with Crippen LogP contribution in [0.25, 0.3) is 0 Å². The Balaban J connectivity index is 1.91. The van der Waals surface area contributed by atoms with E-state index in [0.29, 0.717) is 11.9 Å². The monoisotopic (exact) mass is 206 g/mol. The van der Waals surface area contributed by atoms with Crippen molar-refractivity contribution in [2.45, 2.75) is 31.7 Å². The molecular weight excluding hydrogens is 192 g/mol. The minimum absolute atomic E-state index is 0.425. The Morgan fingerprint density at radius 3 is 2.60 bits per heavy atom. The Morgan fingerprint density at radius 2 is 2.00 bits per heavy atom. The molecule has 0 aromatic carbocycles. The van der Waals surface area contributed by atoms with Gasteiger partial charge in [0.2, 0.25) is 5.95 Å². The van der Waals surface area contributed by atoms with Crippen LogP contribution < -0.4 is 4.90 Å². The van der Waals surface area contributed by atoms with Gasteiger partial charge in [-0.25, -0.2) is 4.68 Å². The quantitative estimate of drug-likeness (QED) is 0.693. The highest BCUT2D eigenvalue weighted by molar-refractivity contribution is 5.70. The second-order valence-electron chi connectivity index (χ2n) is 4.26. The topological polar surface area (TPSA) is 51.0 Å². The number of carbonyl (C=O) groups excluding carboxylic acids is 1. The maximum Gasteiger partial charge on any atom is 0.245 e. The molecule has 0 spiro atoms. The largest absolute Gasteiger partial charge is 0.340 e. The molecule has 1 aliphatic carbocycles. The van der Waals surface area contributed by atoms with E-state index in [4.69, 9.17) is 0 Å². The fourth-order valence-corrected chi connectivity index (χ4v) is 2.04. The van der Waals surface area contributed by atoms with Crippen molar-refractivity contribution in [1.82, 2.24) is 14.8 Å². The molecule has 2 heterocycles. The van der Waals surface area contributed by atoms with Crippen molar-refractivity contribution < 1.29 is 4.79 Å². The summed E-state index contributed by atoms with van der Waals surface area (Å²) in [7, 11) is 0. The summed E-state index contributed by atoms with van der Waals surface area (Å²) in [6, 6.07) is 0.425. The van der Waals surface area contributed by atoms with Gasteiger partial charge in [-0.3, -0.25) is 4.79 Å². The fourth-order valence-electron chi connectivity index (χ4n) is 2.04. The van der Waals surface area contributed by atoms with Crippen LogP contribution in [0.5, 0.6) is 0 Å². The third-order valence-electron chi connectivity index (χ3n) is 3.03. The zero-order valence-corrected chi connectivity index (χ0v) is 8.59. The molecular formula is C10H14N4O. The molecule has 0 bridgehead atoms. The predicted molar refractivity (Wildman–Crippen MR) is 55.1 cm³/mol. The Bertz CT molecular complexity index is 377. The van der Waals surface area contributed by atoms with Crippen LogP contribution in [0.4, 0.5) is 5.95 Å². The summed E-state index contributed by atoms with van der Waals surface area (Å²) in [6.07, 6.45) is 5.47. The minimum Gasteiger partial charge on any atom is -0.340 e. The molecule has 0 amide bonds. The molecule has 2 aliphatic rings. The number of nitrogens with zero attached hydrogens (tertiary/aromatic N) is 4. The van der Waals surface area contributed by atoms with Crippen LogP contribution >= 0.6 is 0 Å². The molecule has 1 aromatic heterocycles. The fraction of sp³-hybridized carbons (Fsp3) is 0.700. The third kappa shape index (κ3) is 1.52. The second kappa shape index (κ2) is 3.32. The molecule has 0 unspecified atom stereocenters. The lowest BCUT2D eigenvalue weighted by molar-refractivity contribution is 0.111. The van der Waals surface area contributed by atoms with Crippen molar-refractivity contribution in [3.8, 4) is 0 Å². The van der Waals surface area contributed by atoms with Crippen LogP contribution in [0.1, 0.15) is 42.3 Å². The predicted octanol–water partition coefficient (Wildman–Crippen LogP) is 1.03. The Labute approximate surface area is 88.1 Å². The van der Waals surface area contributed by atoms with E-state index in [1.165, 1.54) is 12.8 Å². The van der Waals surface area contributed by atoms with E-state index < -0.39 is 0 Å². The molecule has 3 rings (SSSR count). The standard InChI is InChI=1S/C10H14N4O/c15-7-9-11-10(13-5-1-2-6-13)12-14(9)8-3-4-8/h7-8H,1-6H2. The highest BCUT2D eigenvalue weighted by atomic mass is 16.1. The lowest BCUT2D eigenvalue weighted by Crippen LogP contribution is -2.19. The van der Waals surface area contributed by atoms with E-state index in [2.05, 4.69) is 15.0 Å². The van der Waals surface area contributed by atoms with Crippen molar-refractivity contribution in [3.63, 3.8) is 0 Å². The zero-order valence-electron chi connectivity index (χ0n) is 8.59. The lowest BCUT2D eigenvalue weighted by atomic mass is 10.4. The molecule has 0 N–H and O–H groups in total. The van der Waals surface area contributed by atoms with Crippen LogP contribution in [0.15, 0.2) is 0 Å². The highest BCUT2D eigenvalue weighted by Gasteiger charge is 2.29. The summed E-state index contributed by atoms with van der Waals surface area (Å²) in [4.78, 5) is 17.3. The van der Waals surface area contributed by atoms with E-state index in [-0.39, 0.29) is 0 Å². The van der Waals surface area contributed by atoms with E-state index >= 15 is 0 Å². The van der Waals surface area contributed by atoms with E-state index in [1.54, 1.807) is 4.68 Å². The first-order valence-corrected chi connectivity index (χ1v) is 5.55. The van der Waals surface area contributed by atoms with Crippen molar-refractivity contribution >= 4 is 12.2 Å². The molecule has 0 radical (unpaired) electrons. The number of aldehydes is 1. The molecule has 80 valence electrons. The van der Waals surface area contributed by atoms with Gasteiger partial charge in [0, 0.05) is 13.1 Å². The summed E-state index contributed by atoms with van der Waals surface area (Å²) in [6.45, 7) is 2.04. The van der Waals surface area contributed by atoms with Gasteiger partial charge in [0.15, 0.2) is 12.1 Å². The smallest absolute Gasteiger partial charge is 0.245 e. The summed E-state index contributed by atoms with van der Waals surface area (Å²) in [5.41, 5.74) is 0. The average Bonchev–Trinajstić information content (AvgIpc) is 2.83. The minimum atomic E-state index is 0.425. The van der Waals surface area contributed by atoms with Gasteiger partial charge in [-0.2, -0.15) is 4.98 Å². The molecule has 5 nitrogen and oxygen atoms in total. The number of hydrogen-bond acceptors (Lipinski definition) is 4.